The van der Waals surface area contributed by atoms with Gasteiger partial charge in [0.2, 0.25) is 0 Å². The maximum atomic E-state index is 14.6. The van der Waals surface area contributed by atoms with Crippen molar-refractivity contribution in [3.8, 4) is 38.0 Å². The molecule has 4 aromatic heterocycles. The van der Waals surface area contributed by atoms with Crippen molar-refractivity contribution < 1.29 is 8.78 Å². The molecule has 4 heterocycles. The number of aromatic nitrogens is 6. The van der Waals surface area contributed by atoms with Gasteiger partial charge in [-0.2, -0.15) is 4.68 Å². The van der Waals surface area contributed by atoms with Crippen LogP contribution in [0.3, 0.4) is 0 Å². The molecule has 0 radical (unpaired) electrons. The van der Waals surface area contributed by atoms with Gasteiger partial charge >= 0.3 is 0 Å². The lowest BCUT2D eigenvalue weighted by Gasteiger charge is -2.10. The number of benzene rings is 1. The molecule has 0 unspecified atom stereocenters. The zero-order valence-corrected chi connectivity index (χ0v) is 18.4. The fourth-order valence-corrected chi connectivity index (χ4v) is 4.68. The van der Waals surface area contributed by atoms with Gasteiger partial charge in [0.25, 0.3) is 0 Å². The average molecular weight is 462 g/mol. The van der Waals surface area contributed by atoms with Crippen LogP contribution in [-0.2, 0) is 0 Å². The number of hydrogen-bond donors (Lipinski definition) is 1. The first-order chi connectivity index (χ1) is 15.9. The number of nitrogens with zero attached hydrogens (tertiary/aromatic N) is 6. The summed E-state index contributed by atoms with van der Waals surface area (Å²) >= 11 is 1.61. The number of rotatable bonds is 4. The van der Waals surface area contributed by atoms with Crippen molar-refractivity contribution in [2.75, 3.05) is 5.73 Å². The van der Waals surface area contributed by atoms with Gasteiger partial charge in [0.1, 0.15) is 11.5 Å². The van der Waals surface area contributed by atoms with Crippen molar-refractivity contribution in [2.24, 2.45) is 0 Å². The smallest absolute Gasteiger partial charge is 0.190 e. The second-order valence-electron chi connectivity index (χ2n) is 7.46. The van der Waals surface area contributed by atoms with E-state index in [1.165, 1.54) is 19.1 Å². The minimum atomic E-state index is -1.04. The lowest BCUT2D eigenvalue weighted by molar-refractivity contribution is 0.495. The van der Waals surface area contributed by atoms with Crippen LogP contribution in [0.2, 0.25) is 0 Å². The second-order valence-corrected chi connectivity index (χ2v) is 8.51. The van der Waals surface area contributed by atoms with E-state index in [-0.39, 0.29) is 22.9 Å². The van der Waals surface area contributed by atoms with Crippen LogP contribution in [-0.4, -0.2) is 30.2 Å². The Bertz CT molecular complexity index is 1480. The molecule has 0 spiro atoms. The Kier molecular flexibility index (Phi) is 5.14. The van der Waals surface area contributed by atoms with Crippen LogP contribution in [0.15, 0.2) is 55.0 Å². The number of nitrogen functional groups attached to an aromatic ring is 1. The first kappa shape index (κ1) is 20.8. The Morgan fingerprint density at radius 3 is 2.52 bits per heavy atom. The van der Waals surface area contributed by atoms with Crippen molar-refractivity contribution in [1.29, 1.82) is 0 Å². The molecule has 0 bridgehead atoms. The fourth-order valence-electron chi connectivity index (χ4n) is 3.52. The third-order valence-electron chi connectivity index (χ3n) is 5.26. The number of anilines is 1. The van der Waals surface area contributed by atoms with Gasteiger partial charge in [-0.25, -0.2) is 13.8 Å². The van der Waals surface area contributed by atoms with Gasteiger partial charge in [-0.15, -0.1) is 16.4 Å². The van der Waals surface area contributed by atoms with Crippen LogP contribution >= 0.6 is 11.3 Å². The van der Waals surface area contributed by atoms with E-state index in [9.17, 15) is 8.78 Å². The molecule has 0 atom stereocenters. The quantitative estimate of drug-likeness (QED) is 0.405. The highest BCUT2D eigenvalue weighted by atomic mass is 32.1. The summed E-state index contributed by atoms with van der Waals surface area (Å²) in [4.78, 5) is 10.5. The highest BCUT2D eigenvalue weighted by Gasteiger charge is 2.21. The summed E-state index contributed by atoms with van der Waals surface area (Å²) in [6.45, 7) is 3.52. The van der Waals surface area contributed by atoms with Crippen molar-refractivity contribution in [2.45, 2.75) is 13.8 Å². The molecule has 2 N–H and O–H groups in total. The molecule has 164 valence electrons. The largest absolute Gasteiger partial charge is 0.383 e. The van der Waals surface area contributed by atoms with Gasteiger partial charge in [-0.05, 0) is 71.3 Å². The summed E-state index contributed by atoms with van der Waals surface area (Å²) in [7, 11) is 0. The monoisotopic (exact) mass is 461 g/mol. The third kappa shape index (κ3) is 3.64. The summed E-state index contributed by atoms with van der Waals surface area (Å²) in [5.74, 6) is -1.66. The third-order valence-corrected chi connectivity index (χ3v) is 6.59. The van der Waals surface area contributed by atoms with Crippen molar-refractivity contribution in [3.05, 3.63) is 77.8 Å². The van der Waals surface area contributed by atoms with E-state index >= 15 is 0 Å². The lowest BCUT2D eigenvalue weighted by Crippen LogP contribution is -2.07. The van der Waals surface area contributed by atoms with Crippen LogP contribution < -0.4 is 5.73 Å². The Morgan fingerprint density at radius 2 is 1.73 bits per heavy atom. The molecule has 1 aromatic carbocycles. The van der Waals surface area contributed by atoms with E-state index in [2.05, 4.69) is 31.6 Å². The van der Waals surface area contributed by atoms with Crippen LogP contribution in [0, 0.1) is 25.5 Å². The summed E-state index contributed by atoms with van der Waals surface area (Å²) in [6, 6.07) is 10.7. The average Bonchev–Trinajstić information content (AvgIpc) is 3.45. The minimum Gasteiger partial charge on any atom is -0.383 e. The second kappa shape index (κ2) is 8.14. The molecular formula is C23H17F2N7S. The molecule has 33 heavy (non-hydrogen) atoms. The Morgan fingerprint density at radius 1 is 0.939 bits per heavy atom. The van der Waals surface area contributed by atoms with E-state index in [0.29, 0.717) is 5.56 Å². The van der Waals surface area contributed by atoms with Gasteiger partial charge in [-0.1, -0.05) is 6.07 Å². The predicted octanol–water partition coefficient (Wildman–Crippen LogP) is 4.99. The number of tetrazole rings is 1. The first-order valence-electron chi connectivity index (χ1n) is 9.94. The van der Waals surface area contributed by atoms with Crippen molar-refractivity contribution in [3.63, 3.8) is 0 Å². The normalized spacial score (nSPS) is 11.2. The van der Waals surface area contributed by atoms with Crippen LogP contribution in [0.25, 0.3) is 38.0 Å². The molecule has 7 nitrogen and oxygen atoms in total. The topological polar surface area (TPSA) is 95.4 Å². The number of halogens is 2. The van der Waals surface area contributed by atoms with E-state index in [1.807, 2.05) is 19.1 Å². The van der Waals surface area contributed by atoms with Crippen LogP contribution in [0.4, 0.5) is 14.6 Å². The highest BCUT2D eigenvalue weighted by molar-refractivity contribution is 7.19. The van der Waals surface area contributed by atoms with Gasteiger partial charge in [0.05, 0.1) is 5.56 Å². The number of nitrogens with two attached hydrogens (primary N) is 1. The maximum absolute atomic E-state index is 14.6. The Labute approximate surface area is 191 Å². The fraction of sp³-hybridized carbons (Fsp3) is 0.0870. The first-order valence-corrected chi connectivity index (χ1v) is 10.8. The van der Waals surface area contributed by atoms with E-state index in [0.717, 1.165) is 31.1 Å². The zero-order valence-electron chi connectivity index (χ0n) is 17.6. The molecule has 5 rings (SSSR count). The number of thiophene rings is 1. The molecule has 0 aliphatic heterocycles. The summed E-state index contributed by atoms with van der Waals surface area (Å²) in [5, 5.41) is 11.5. The zero-order chi connectivity index (χ0) is 23.1. The molecule has 0 fully saturated rings. The van der Waals surface area contributed by atoms with Gasteiger partial charge in [0, 0.05) is 33.9 Å². The summed E-state index contributed by atoms with van der Waals surface area (Å²) < 4.78 is 29.9. The number of hydrogen-bond acceptors (Lipinski definition) is 7. The number of pyridine rings is 2. The predicted molar refractivity (Wildman–Crippen MR) is 123 cm³/mol. The van der Waals surface area contributed by atoms with Crippen LogP contribution in [0.5, 0.6) is 0 Å². The summed E-state index contributed by atoms with van der Waals surface area (Å²) in [5.41, 5.74) is 9.60. The van der Waals surface area contributed by atoms with Crippen molar-refractivity contribution >= 4 is 17.2 Å². The van der Waals surface area contributed by atoms with Crippen LogP contribution in [0.1, 0.15) is 11.1 Å². The van der Waals surface area contributed by atoms with E-state index in [4.69, 9.17) is 5.73 Å². The van der Waals surface area contributed by atoms with Gasteiger partial charge < -0.3 is 5.73 Å². The summed E-state index contributed by atoms with van der Waals surface area (Å²) in [6.07, 6.45) is 5.18. The van der Waals surface area contributed by atoms with Gasteiger partial charge in [0.15, 0.2) is 17.5 Å². The number of aryl methyl sites for hydroxylation is 2. The molecule has 5 aromatic rings. The van der Waals surface area contributed by atoms with Crippen molar-refractivity contribution in [1.82, 2.24) is 30.2 Å². The minimum absolute atomic E-state index is 0.116. The maximum Gasteiger partial charge on any atom is 0.190 e. The SMILES string of the molecule is Cc1cc(-c2cnc(N)c(-c3nnnn3-c3ccc(C)c(F)c3F)c2)sc1-c1ccncc1. The molecule has 0 saturated carbocycles. The molecule has 10 heteroatoms. The molecule has 0 aliphatic carbocycles. The molecular weight excluding hydrogens is 444 g/mol. The standard InChI is InChI=1S/C23H17F2N7S/c1-12-3-4-17(20(25)19(12)24)32-23(29-30-31-32)16-10-15(11-28-22(16)26)18-9-13(2)21(33-18)14-5-7-27-8-6-14/h3-11H,1-2H3,(H2,26,28). The van der Waals surface area contributed by atoms with Gasteiger partial charge in [-0.3, -0.25) is 4.98 Å². The molecule has 0 saturated heterocycles. The molecule has 0 aliphatic rings. The Balaban J connectivity index is 1.60. The Hall–Kier alpha value is -4.05. The van der Waals surface area contributed by atoms with E-state index in [1.54, 1.807) is 36.0 Å². The lowest BCUT2D eigenvalue weighted by atomic mass is 10.1. The molecule has 0 amide bonds. The highest BCUT2D eigenvalue weighted by Crippen LogP contribution is 2.39. The van der Waals surface area contributed by atoms with E-state index < -0.39 is 11.6 Å².